The predicted molar refractivity (Wildman–Crippen MR) is 99.1 cm³/mol. The van der Waals surface area contributed by atoms with Crippen LogP contribution in [-0.2, 0) is 24.3 Å². The predicted octanol–water partition coefficient (Wildman–Crippen LogP) is 1.80. The average Bonchev–Trinajstić information content (AvgIpc) is 3.29. The lowest BCUT2D eigenvalue weighted by molar-refractivity contribution is -0.132. The van der Waals surface area contributed by atoms with E-state index < -0.39 is 0 Å². The van der Waals surface area contributed by atoms with Crippen molar-refractivity contribution in [2.24, 2.45) is 0 Å². The van der Waals surface area contributed by atoms with Crippen LogP contribution in [0.4, 0.5) is 0 Å². The van der Waals surface area contributed by atoms with Crippen LogP contribution in [0, 0.1) is 6.92 Å². The van der Waals surface area contributed by atoms with Crippen LogP contribution in [0.1, 0.15) is 30.0 Å². The monoisotopic (exact) mass is 369 g/mol. The van der Waals surface area contributed by atoms with Crippen molar-refractivity contribution in [2.75, 3.05) is 7.05 Å². The molecule has 3 aromatic rings. The van der Waals surface area contributed by atoms with E-state index >= 15 is 0 Å². The number of benzene rings is 1. The van der Waals surface area contributed by atoms with Crippen LogP contribution in [0.15, 0.2) is 52.0 Å². The van der Waals surface area contributed by atoms with Crippen molar-refractivity contribution >= 4 is 5.91 Å². The van der Waals surface area contributed by atoms with Crippen LogP contribution in [0.25, 0.3) is 0 Å². The molecule has 0 saturated heterocycles. The highest BCUT2D eigenvalue weighted by Crippen LogP contribution is 2.16. The third kappa shape index (κ3) is 4.16. The van der Waals surface area contributed by atoms with Crippen LogP contribution >= 0.6 is 0 Å². The maximum Gasteiger partial charge on any atom is 0.346 e. The molecule has 8 heteroatoms. The van der Waals surface area contributed by atoms with Crippen molar-refractivity contribution in [3.63, 3.8) is 0 Å². The standard InChI is InChI=1S/C19H23N5O3/c1-14(17-10-12-27-21-17)22(3)18(25)13-24-19(26)23(15(2)20-24)11-9-16-7-5-4-6-8-16/h4-8,10,12,14H,9,11,13H2,1-3H3. The van der Waals surface area contributed by atoms with Gasteiger partial charge in [0.2, 0.25) is 5.91 Å². The Balaban J connectivity index is 1.68. The molecule has 3 rings (SSSR count). The molecule has 1 aromatic carbocycles. The first-order valence-corrected chi connectivity index (χ1v) is 8.81. The summed E-state index contributed by atoms with van der Waals surface area (Å²) in [6, 6.07) is 11.4. The van der Waals surface area contributed by atoms with Gasteiger partial charge in [-0.05, 0) is 25.8 Å². The summed E-state index contributed by atoms with van der Waals surface area (Å²) in [5.41, 5.74) is 1.52. The van der Waals surface area contributed by atoms with E-state index in [-0.39, 0.29) is 24.2 Å². The van der Waals surface area contributed by atoms with E-state index in [2.05, 4.69) is 10.3 Å². The van der Waals surface area contributed by atoms with Gasteiger partial charge in [0.15, 0.2) is 0 Å². The number of carbonyl (C=O) groups excluding carboxylic acids is 1. The lowest BCUT2D eigenvalue weighted by atomic mass is 10.1. The minimum absolute atomic E-state index is 0.114. The molecular formula is C19H23N5O3. The second-order valence-electron chi connectivity index (χ2n) is 6.48. The van der Waals surface area contributed by atoms with Crippen molar-refractivity contribution in [3.8, 4) is 0 Å². The largest absolute Gasteiger partial charge is 0.364 e. The maximum absolute atomic E-state index is 12.6. The van der Waals surface area contributed by atoms with Crippen molar-refractivity contribution < 1.29 is 9.32 Å². The summed E-state index contributed by atoms with van der Waals surface area (Å²) >= 11 is 0. The van der Waals surface area contributed by atoms with E-state index in [1.165, 1.54) is 15.8 Å². The van der Waals surface area contributed by atoms with Crippen molar-refractivity contribution in [3.05, 3.63) is 70.2 Å². The minimum Gasteiger partial charge on any atom is -0.364 e. The second kappa shape index (κ2) is 8.03. The highest BCUT2D eigenvalue weighted by molar-refractivity contribution is 5.76. The van der Waals surface area contributed by atoms with Crippen molar-refractivity contribution in [1.82, 2.24) is 24.4 Å². The summed E-state index contributed by atoms with van der Waals surface area (Å²) in [5, 5.41) is 8.11. The van der Waals surface area contributed by atoms with Gasteiger partial charge in [0.05, 0.1) is 6.04 Å². The number of amides is 1. The van der Waals surface area contributed by atoms with Gasteiger partial charge in [-0.15, -0.1) is 0 Å². The molecule has 0 spiro atoms. The highest BCUT2D eigenvalue weighted by Gasteiger charge is 2.21. The van der Waals surface area contributed by atoms with Crippen molar-refractivity contribution in [1.29, 1.82) is 0 Å². The lowest BCUT2D eigenvalue weighted by Crippen LogP contribution is -2.36. The highest BCUT2D eigenvalue weighted by atomic mass is 16.5. The first-order valence-electron chi connectivity index (χ1n) is 8.81. The molecule has 0 aliphatic carbocycles. The summed E-state index contributed by atoms with van der Waals surface area (Å²) in [6.07, 6.45) is 2.19. The SMILES string of the molecule is Cc1nn(CC(=O)N(C)C(C)c2ccon2)c(=O)n1CCc1ccccc1. The van der Waals surface area contributed by atoms with E-state index in [9.17, 15) is 9.59 Å². The van der Waals surface area contributed by atoms with Crippen LogP contribution in [-0.4, -0.2) is 37.4 Å². The molecule has 142 valence electrons. The third-order valence-electron chi connectivity index (χ3n) is 4.72. The Hall–Kier alpha value is -3.16. The molecule has 0 radical (unpaired) electrons. The topological polar surface area (TPSA) is 86.2 Å². The molecule has 0 aliphatic rings. The molecule has 1 unspecified atom stereocenters. The molecule has 0 saturated carbocycles. The Labute approximate surface area is 157 Å². The zero-order chi connectivity index (χ0) is 19.4. The smallest absolute Gasteiger partial charge is 0.346 e. The first kappa shape index (κ1) is 18.6. The van der Waals surface area contributed by atoms with Gasteiger partial charge < -0.3 is 9.42 Å². The Morgan fingerprint density at radius 3 is 2.67 bits per heavy atom. The zero-order valence-electron chi connectivity index (χ0n) is 15.7. The van der Waals surface area contributed by atoms with Crippen LogP contribution in [0.5, 0.6) is 0 Å². The summed E-state index contributed by atoms with van der Waals surface area (Å²) in [7, 11) is 1.67. The van der Waals surface area contributed by atoms with Crippen LogP contribution < -0.4 is 5.69 Å². The van der Waals surface area contributed by atoms with Gasteiger partial charge in [0.25, 0.3) is 0 Å². The van der Waals surface area contributed by atoms with E-state index in [1.54, 1.807) is 24.6 Å². The van der Waals surface area contributed by atoms with Gasteiger partial charge in [-0.1, -0.05) is 35.5 Å². The average molecular weight is 369 g/mol. The Morgan fingerprint density at radius 2 is 2.00 bits per heavy atom. The summed E-state index contributed by atoms with van der Waals surface area (Å²) in [6.45, 7) is 4.03. The molecule has 1 atom stereocenters. The Bertz CT molecular complexity index is 944. The number of likely N-dealkylation sites (N-methyl/N-ethyl adjacent to an activating group) is 1. The molecule has 0 fully saturated rings. The fourth-order valence-electron chi connectivity index (χ4n) is 2.89. The molecule has 2 aromatic heterocycles. The third-order valence-corrected chi connectivity index (χ3v) is 4.72. The van der Waals surface area contributed by atoms with E-state index in [4.69, 9.17) is 4.52 Å². The fourth-order valence-corrected chi connectivity index (χ4v) is 2.89. The van der Waals surface area contributed by atoms with Crippen LogP contribution in [0.2, 0.25) is 0 Å². The van der Waals surface area contributed by atoms with E-state index in [0.29, 0.717) is 18.1 Å². The van der Waals surface area contributed by atoms with Gasteiger partial charge in [0.1, 0.15) is 24.3 Å². The first-order chi connectivity index (χ1) is 13.0. The number of rotatable bonds is 7. The fraction of sp³-hybridized carbons (Fsp3) is 0.368. The Kier molecular flexibility index (Phi) is 5.54. The molecule has 8 nitrogen and oxygen atoms in total. The van der Waals surface area contributed by atoms with Crippen molar-refractivity contribution in [2.45, 2.75) is 39.4 Å². The number of hydrogen-bond acceptors (Lipinski definition) is 5. The second-order valence-corrected chi connectivity index (χ2v) is 6.48. The van der Waals surface area contributed by atoms with E-state index in [1.807, 2.05) is 37.3 Å². The quantitative estimate of drug-likeness (QED) is 0.634. The van der Waals surface area contributed by atoms with Gasteiger partial charge in [0, 0.05) is 19.7 Å². The zero-order valence-corrected chi connectivity index (χ0v) is 15.7. The molecule has 0 aliphatic heterocycles. The maximum atomic E-state index is 12.6. The van der Waals surface area contributed by atoms with Crippen LogP contribution in [0.3, 0.4) is 0 Å². The number of hydrogen-bond donors (Lipinski definition) is 0. The van der Waals surface area contributed by atoms with Gasteiger partial charge in [-0.25, -0.2) is 9.48 Å². The molecule has 27 heavy (non-hydrogen) atoms. The molecule has 0 bridgehead atoms. The minimum atomic E-state index is -0.278. The molecule has 1 amide bonds. The number of aromatic nitrogens is 4. The molecular weight excluding hydrogens is 346 g/mol. The van der Waals surface area contributed by atoms with E-state index in [0.717, 1.165) is 12.0 Å². The number of aryl methyl sites for hydroxylation is 2. The summed E-state index contributed by atoms with van der Waals surface area (Å²) in [5.74, 6) is 0.372. The summed E-state index contributed by atoms with van der Waals surface area (Å²) in [4.78, 5) is 26.7. The summed E-state index contributed by atoms with van der Waals surface area (Å²) < 4.78 is 7.64. The number of nitrogens with zero attached hydrogens (tertiary/aromatic N) is 5. The van der Waals surface area contributed by atoms with Gasteiger partial charge in [-0.2, -0.15) is 5.10 Å². The van der Waals surface area contributed by atoms with Gasteiger partial charge >= 0.3 is 5.69 Å². The number of carbonyl (C=O) groups is 1. The molecule has 0 N–H and O–H groups in total. The Morgan fingerprint density at radius 1 is 1.26 bits per heavy atom. The normalized spacial score (nSPS) is 12.1. The van der Waals surface area contributed by atoms with Gasteiger partial charge in [-0.3, -0.25) is 9.36 Å². The molecule has 2 heterocycles. The lowest BCUT2D eigenvalue weighted by Gasteiger charge is -2.22.